The first-order valence-electron chi connectivity index (χ1n) is 5.46. The molecule has 0 spiro atoms. The second kappa shape index (κ2) is 5.91. The summed E-state index contributed by atoms with van der Waals surface area (Å²) in [5, 5.41) is 0.716. The van der Waals surface area contributed by atoms with Crippen LogP contribution in [0.15, 0.2) is 36.4 Å². The number of rotatable bonds is 3. The average Bonchev–Trinajstić information content (AvgIpc) is 2.26. The molecule has 0 amide bonds. The van der Waals surface area contributed by atoms with Gasteiger partial charge in [0.2, 0.25) is 0 Å². The highest BCUT2D eigenvalue weighted by Gasteiger charge is 2.13. The van der Waals surface area contributed by atoms with Gasteiger partial charge in [0.25, 0.3) is 0 Å². The minimum absolute atomic E-state index is 0.474. The van der Waals surface area contributed by atoms with Crippen LogP contribution >= 0.6 is 11.6 Å². The third-order valence-electron chi connectivity index (χ3n) is 2.03. The van der Waals surface area contributed by atoms with Gasteiger partial charge in [0.1, 0.15) is 5.60 Å². The van der Waals surface area contributed by atoms with Crippen molar-refractivity contribution in [2.75, 3.05) is 6.61 Å². The van der Waals surface area contributed by atoms with Gasteiger partial charge in [-0.05, 0) is 45.0 Å². The van der Waals surface area contributed by atoms with Gasteiger partial charge < -0.3 is 4.74 Å². The average molecular weight is 249 g/mol. The Hall–Kier alpha value is -1.23. The van der Waals surface area contributed by atoms with Crippen LogP contribution in [0, 0.1) is 11.8 Å². The van der Waals surface area contributed by atoms with E-state index in [1.165, 1.54) is 0 Å². The summed E-state index contributed by atoms with van der Waals surface area (Å²) in [6.45, 7) is 10.1. The van der Waals surface area contributed by atoms with Gasteiger partial charge in [-0.2, -0.15) is 0 Å². The quantitative estimate of drug-likeness (QED) is 0.579. The summed E-state index contributed by atoms with van der Waals surface area (Å²) < 4.78 is 5.64. The number of hydrogen-bond acceptors (Lipinski definition) is 1. The molecule has 1 nitrogen and oxygen atoms in total. The number of ether oxygens (including phenoxy) is 1. The smallest absolute Gasteiger partial charge is 0.123 e. The Kier molecular flexibility index (Phi) is 4.81. The number of halogens is 1. The van der Waals surface area contributed by atoms with Gasteiger partial charge in [0.05, 0.1) is 6.61 Å². The van der Waals surface area contributed by atoms with Gasteiger partial charge in [-0.1, -0.05) is 35.6 Å². The van der Waals surface area contributed by atoms with E-state index in [2.05, 4.69) is 18.4 Å². The maximum atomic E-state index is 5.80. The molecule has 0 saturated carbocycles. The third kappa shape index (κ3) is 5.58. The van der Waals surface area contributed by atoms with Crippen molar-refractivity contribution in [3.05, 3.63) is 47.0 Å². The summed E-state index contributed by atoms with van der Waals surface area (Å²) in [4.78, 5) is 0. The fraction of sp³-hybridized carbons (Fsp3) is 0.333. The molecular formula is C15H17ClO. The van der Waals surface area contributed by atoms with E-state index < -0.39 is 5.60 Å². The van der Waals surface area contributed by atoms with E-state index in [1.54, 1.807) is 0 Å². The molecule has 2 heteroatoms. The van der Waals surface area contributed by atoms with Gasteiger partial charge in [-0.25, -0.2) is 0 Å². The van der Waals surface area contributed by atoms with Crippen LogP contribution in [-0.2, 0) is 4.74 Å². The lowest BCUT2D eigenvalue weighted by atomic mass is 10.1. The zero-order valence-corrected chi connectivity index (χ0v) is 11.3. The van der Waals surface area contributed by atoms with Crippen molar-refractivity contribution in [1.29, 1.82) is 0 Å². The van der Waals surface area contributed by atoms with Crippen molar-refractivity contribution in [2.24, 2.45) is 0 Å². The predicted molar refractivity (Wildman–Crippen MR) is 73.2 cm³/mol. The molecule has 0 heterocycles. The molecule has 90 valence electrons. The number of hydrogen-bond donors (Lipinski definition) is 0. The fourth-order valence-corrected chi connectivity index (χ4v) is 1.22. The summed E-state index contributed by atoms with van der Waals surface area (Å²) in [5.74, 6) is 6.17. The molecule has 0 aromatic heterocycles. The maximum Gasteiger partial charge on any atom is 0.123 e. The lowest BCUT2D eigenvalue weighted by molar-refractivity contribution is 0.0428. The molecule has 0 unspecified atom stereocenters. The highest BCUT2D eigenvalue weighted by molar-refractivity contribution is 6.30. The van der Waals surface area contributed by atoms with Crippen molar-refractivity contribution in [3.63, 3.8) is 0 Å². The zero-order valence-electron chi connectivity index (χ0n) is 10.5. The van der Waals surface area contributed by atoms with E-state index in [4.69, 9.17) is 16.3 Å². The Morgan fingerprint density at radius 1 is 1.35 bits per heavy atom. The first-order chi connectivity index (χ1) is 7.89. The van der Waals surface area contributed by atoms with Gasteiger partial charge in [0.15, 0.2) is 0 Å². The van der Waals surface area contributed by atoms with E-state index in [1.807, 2.05) is 45.0 Å². The molecule has 1 aromatic carbocycles. The monoisotopic (exact) mass is 248 g/mol. The van der Waals surface area contributed by atoms with Gasteiger partial charge in [-0.15, -0.1) is 0 Å². The molecule has 0 aliphatic carbocycles. The zero-order chi connectivity index (χ0) is 12.9. The van der Waals surface area contributed by atoms with Crippen LogP contribution in [0.1, 0.15) is 26.3 Å². The maximum absolute atomic E-state index is 5.80. The SMILES string of the molecule is C=C(C)COC(C)(C)C#Cc1ccc(Cl)cc1. The third-order valence-corrected chi connectivity index (χ3v) is 2.28. The van der Waals surface area contributed by atoms with Crippen LogP contribution in [0.25, 0.3) is 0 Å². The van der Waals surface area contributed by atoms with Gasteiger partial charge in [0, 0.05) is 10.6 Å². The minimum Gasteiger partial charge on any atom is -0.359 e. The summed E-state index contributed by atoms with van der Waals surface area (Å²) in [6, 6.07) is 7.44. The molecule has 0 aliphatic heterocycles. The first kappa shape index (κ1) is 13.8. The summed E-state index contributed by atoms with van der Waals surface area (Å²) in [5.41, 5.74) is 1.45. The molecule has 0 atom stereocenters. The molecule has 0 aliphatic rings. The Morgan fingerprint density at radius 3 is 2.47 bits per heavy atom. The molecule has 1 rings (SSSR count). The molecule has 0 radical (unpaired) electrons. The second-order valence-electron chi connectivity index (χ2n) is 4.51. The first-order valence-corrected chi connectivity index (χ1v) is 5.84. The van der Waals surface area contributed by atoms with Gasteiger partial charge in [-0.3, -0.25) is 0 Å². The summed E-state index contributed by atoms with van der Waals surface area (Å²) in [6.07, 6.45) is 0. The van der Waals surface area contributed by atoms with E-state index >= 15 is 0 Å². The van der Waals surface area contributed by atoms with Crippen molar-refractivity contribution in [2.45, 2.75) is 26.4 Å². The topological polar surface area (TPSA) is 9.23 Å². The lowest BCUT2D eigenvalue weighted by Crippen LogP contribution is -2.22. The highest BCUT2D eigenvalue weighted by atomic mass is 35.5. The van der Waals surface area contributed by atoms with E-state index in [0.29, 0.717) is 11.6 Å². The van der Waals surface area contributed by atoms with Crippen LogP contribution in [0.2, 0.25) is 5.02 Å². The summed E-state index contributed by atoms with van der Waals surface area (Å²) >= 11 is 5.80. The van der Waals surface area contributed by atoms with Crippen LogP contribution in [0.5, 0.6) is 0 Å². The van der Waals surface area contributed by atoms with Crippen LogP contribution < -0.4 is 0 Å². The molecule has 0 saturated heterocycles. The van der Waals surface area contributed by atoms with Crippen molar-refractivity contribution in [1.82, 2.24) is 0 Å². The molecule has 0 bridgehead atoms. The largest absolute Gasteiger partial charge is 0.359 e. The number of benzene rings is 1. The van der Waals surface area contributed by atoms with Crippen LogP contribution in [0.3, 0.4) is 0 Å². The standard InChI is InChI=1S/C15H17ClO/c1-12(2)11-17-15(3,4)10-9-13-5-7-14(16)8-6-13/h5-8H,1,11H2,2-4H3. The molecule has 0 N–H and O–H groups in total. The van der Waals surface area contributed by atoms with Crippen molar-refractivity contribution >= 4 is 11.6 Å². The normalized spacial score (nSPS) is 10.6. The fourth-order valence-electron chi connectivity index (χ4n) is 1.10. The van der Waals surface area contributed by atoms with Crippen molar-refractivity contribution in [3.8, 4) is 11.8 Å². The summed E-state index contributed by atoms with van der Waals surface area (Å²) in [7, 11) is 0. The Bertz CT molecular complexity index is 446. The molecule has 1 aromatic rings. The van der Waals surface area contributed by atoms with Crippen LogP contribution in [0.4, 0.5) is 0 Å². The van der Waals surface area contributed by atoms with Crippen LogP contribution in [-0.4, -0.2) is 12.2 Å². The van der Waals surface area contributed by atoms with E-state index in [-0.39, 0.29) is 0 Å². The Morgan fingerprint density at radius 2 is 1.94 bits per heavy atom. The second-order valence-corrected chi connectivity index (χ2v) is 4.95. The van der Waals surface area contributed by atoms with Gasteiger partial charge >= 0.3 is 0 Å². The molecule has 17 heavy (non-hydrogen) atoms. The highest BCUT2D eigenvalue weighted by Crippen LogP contribution is 2.11. The van der Waals surface area contributed by atoms with Crippen molar-refractivity contribution < 1.29 is 4.74 Å². The lowest BCUT2D eigenvalue weighted by Gasteiger charge is -2.18. The Labute approximate surface area is 108 Å². The Balaban J connectivity index is 2.69. The minimum atomic E-state index is -0.474. The molecule has 0 fully saturated rings. The van der Waals surface area contributed by atoms with E-state index in [0.717, 1.165) is 11.1 Å². The van der Waals surface area contributed by atoms with E-state index in [9.17, 15) is 0 Å². The predicted octanol–water partition coefficient (Wildman–Crippen LogP) is 4.06. The molecular weight excluding hydrogens is 232 g/mol.